The van der Waals surface area contributed by atoms with Crippen molar-refractivity contribution in [2.75, 3.05) is 31.6 Å². The molecule has 0 spiro atoms. The smallest absolute Gasteiger partial charge is 0.273 e. The number of fused-ring (bicyclic) bond motifs is 3. The summed E-state index contributed by atoms with van der Waals surface area (Å²) in [5.41, 5.74) is 13.9. The van der Waals surface area contributed by atoms with Gasteiger partial charge in [-0.15, -0.1) is 11.3 Å². The molecule has 1 aliphatic rings. The van der Waals surface area contributed by atoms with Gasteiger partial charge in [0.25, 0.3) is 11.7 Å². The number of amides is 1. The number of nitrogens with zero attached hydrogens (tertiary/aromatic N) is 4. The first-order valence-corrected chi connectivity index (χ1v) is 11.3. The molecule has 5 rings (SSSR count). The highest BCUT2D eigenvalue weighted by Gasteiger charge is 2.19. The summed E-state index contributed by atoms with van der Waals surface area (Å²) in [7, 11) is 0. The molecule has 9 nitrogen and oxygen atoms in total. The first-order valence-electron chi connectivity index (χ1n) is 10.4. The molecule has 0 radical (unpaired) electrons. The number of aromatic nitrogens is 1. The molecular weight excluding hydrogens is 438 g/mol. The molecule has 0 saturated carbocycles. The van der Waals surface area contributed by atoms with Crippen molar-refractivity contribution in [3.63, 3.8) is 0 Å². The van der Waals surface area contributed by atoms with Crippen LogP contribution in [0.5, 0.6) is 0 Å². The van der Waals surface area contributed by atoms with E-state index in [0.717, 1.165) is 26.7 Å². The standard InChI is InChI=1S/C23H21N7O2S/c24-21(28-29-25)14-4-5-17-19(13-14)27-22(18-6-11-33-20(17)18)26-16-3-1-2-15(12-16)23(31)30-7-9-32-10-8-30/h1-6,11-13H,7-10H2,(H,26,27)(H3,24,25,28)/p+1. The molecule has 10 heteroatoms. The van der Waals surface area contributed by atoms with Crippen LogP contribution in [0, 0.1) is 0 Å². The Hall–Kier alpha value is -3.89. The fourth-order valence-electron chi connectivity index (χ4n) is 3.89. The lowest BCUT2D eigenvalue weighted by Gasteiger charge is -2.27. The van der Waals surface area contributed by atoms with Crippen LogP contribution in [-0.2, 0) is 4.74 Å². The number of thiophene rings is 1. The van der Waals surface area contributed by atoms with Crippen LogP contribution >= 0.6 is 11.3 Å². The lowest BCUT2D eigenvalue weighted by atomic mass is 10.1. The van der Waals surface area contributed by atoms with Crippen LogP contribution in [0.1, 0.15) is 15.9 Å². The minimum Gasteiger partial charge on any atom is -0.378 e. The number of pyridine rings is 1. The first-order chi connectivity index (χ1) is 16.1. The highest BCUT2D eigenvalue weighted by Crippen LogP contribution is 2.35. The number of anilines is 2. The topological polar surface area (TPSA) is 131 Å². The maximum Gasteiger partial charge on any atom is 0.273 e. The lowest BCUT2D eigenvalue weighted by molar-refractivity contribution is -0.221. The number of hydrogen-bond donors (Lipinski definition) is 3. The summed E-state index contributed by atoms with van der Waals surface area (Å²) in [6, 6.07) is 15.2. The maximum absolute atomic E-state index is 12.9. The molecule has 2 aromatic heterocycles. The third kappa shape index (κ3) is 4.13. The highest BCUT2D eigenvalue weighted by atomic mass is 32.1. The number of rotatable bonds is 5. The van der Waals surface area contributed by atoms with Crippen LogP contribution in [0.4, 0.5) is 11.5 Å². The Morgan fingerprint density at radius 3 is 2.79 bits per heavy atom. The number of nitrogens with two attached hydrogens (primary N) is 2. The molecule has 1 aliphatic heterocycles. The molecule has 3 heterocycles. The predicted octanol–water partition coefficient (Wildman–Crippen LogP) is 2.50. The molecule has 4 aromatic rings. The van der Waals surface area contributed by atoms with E-state index in [2.05, 4.69) is 15.6 Å². The first kappa shape index (κ1) is 21.0. The van der Waals surface area contributed by atoms with Gasteiger partial charge in [0.2, 0.25) is 0 Å². The van der Waals surface area contributed by atoms with E-state index in [9.17, 15) is 4.79 Å². The molecule has 1 amide bonds. The maximum atomic E-state index is 12.9. The van der Waals surface area contributed by atoms with Gasteiger partial charge in [-0.3, -0.25) is 4.79 Å². The molecule has 0 bridgehead atoms. The Bertz CT molecular complexity index is 1390. The molecular formula is C23H22N7O2S+. The van der Waals surface area contributed by atoms with Gasteiger partial charge < -0.3 is 20.7 Å². The van der Waals surface area contributed by atoms with E-state index in [1.807, 2.05) is 58.8 Å². The Kier molecular flexibility index (Phi) is 5.68. The largest absolute Gasteiger partial charge is 0.378 e. The average Bonchev–Trinajstić information content (AvgIpc) is 3.35. The molecule has 0 aliphatic carbocycles. The summed E-state index contributed by atoms with van der Waals surface area (Å²) in [4.78, 5) is 19.6. The number of hydrogen-bond acceptors (Lipinski definition) is 6. The molecule has 2 aromatic carbocycles. The molecule has 0 atom stereocenters. The van der Waals surface area contributed by atoms with Crippen LogP contribution in [0.2, 0.25) is 0 Å². The highest BCUT2D eigenvalue weighted by molar-refractivity contribution is 7.18. The Balaban J connectivity index is 1.51. The van der Waals surface area contributed by atoms with E-state index in [1.165, 1.54) is 0 Å². The van der Waals surface area contributed by atoms with Gasteiger partial charge in [-0.2, -0.15) is 5.53 Å². The van der Waals surface area contributed by atoms with E-state index in [-0.39, 0.29) is 11.7 Å². The van der Waals surface area contributed by atoms with Crippen molar-refractivity contribution in [2.24, 2.45) is 16.1 Å². The van der Waals surface area contributed by atoms with E-state index in [1.54, 1.807) is 11.3 Å². The fourth-order valence-corrected chi connectivity index (χ4v) is 4.82. The Morgan fingerprint density at radius 2 is 1.97 bits per heavy atom. The molecule has 0 unspecified atom stereocenters. The van der Waals surface area contributed by atoms with Gasteiger partial charge in [0.15, 0.2) is 0 Å². The van der Waals surface area contributed by atoms with Gasteiger partial charge in [0.05, 0.1) is 23.8 Å². The Labute approximate surface area is 193 Å². The summed E-state index contributed by atoms with van der Waals surface area (Å²) >= 11 is 1.64. The summed E-state index contributed by atoms with van der Waals surface area (Å²) in [5.74, 6) is 0.918. The molecule has 166 valence electrons. The van der Waals surface area contributed by atoms with E-state index >= 15 is 0 Å². The summed E-state index contributed by atoms with van der Waals surface area (Å²) in [5, 5.41) is 14.4. The molecule has 1 saturated heterocycles. The van der Waals surface area contributed by atoms with Crippen molar-refractivity contribution in [3.8, 4) is 0 Å². The van der Waals surface area contributed by atoms with Crippen LogP contribution in [-0.4, -0.2) is 47.9 Å². The van der Waals surface area contributed by atoms with E-state index in [0.29, 0.717) is 43.2 Å². The summed E-state index contributed by atoms with van der Waals surface area (Å²) in [6.07, 6.45) is 0. The minimum absolute atomic E-state index is 0.00109. The van der Waals surface area contributed by atoms with Crippen molar-refractivity contribution in [1.82, 2.24) is 9.88 Å². The van der Waals surface area contributed by atoms with Crippen molar-refractivity contribution in [3.05, 3.63) is 65.0 Å². The SMILES string of the molecule is N/C(=N\N=[NH2+])c1ccc2c(c1)nc(Nc1cccc(C(=O)N3CCOCC3)c1)c1ccsc12. The van der Waals surface area contributed by atoms with Crippen molar-refractivity contribution in [2.45, 2.75) is 0 Å². The number of carbonyl (C=O) groups is 1. The number of morpholine rings is 1. The van der Waals surface area contributed by atoms with Gasteiger partial charge in [-0.05, 0) is 41.8 Å². The van der Waals surface area contributed by atoms with Crippen LogP contribution in [0.3, 0.4) is 0 Å². The number of carbonyl (C=O) groups excluding carboxylic acids is 1. The van der Waals surface area contributed by atoms with Gasteiger partial charge >= 0.3 is 0 Å². The van der Waals surface area contributed by atoms with Crippen molar-refractivity contribution >= 4 is 55.6 Å². The second-order valence-electron chi connectivity index (χ2n) is 7.57. The normalized spacial score (nSPS) is 14.5. The number of nitrogens with one attached hydrogen (secondary N) is 1. The monoisotopic (exact) mass is 460 g/mol. The van der Waals surface area contributed by atoms with E-state index in [4.69, 9.17) is 21.0 Å². The van der Waals surface area contributed by atoms with E-state index < -0.39 is 0 Å². The minimum atomic E-state index is -0.00109. The second-order valence-corrected chi connectivity index (χ2v) is 8.48. The quantitative estimate of drug-likeness (QED) is 0.182. The van der Waals surface area contributed by atoms with Gasteiger partial charge in [-0.25, -0.2) is 4.98 Å². The number of benzene rings is 2. The summed E-state index contributed by atoms with van der Waals surface area (Å²) in [6.45, 7) is 2.34. The summed E-state index contributed by atoms with van der Waals surface area (Å²) < 4.78 is 6.46. The zero-order valence-electron chi connectivity index (χ0n) is 17.7. The predicted molar refractivity (Wildman–Crippen MR) is 129 cm³/mol. The fraction of sp³-hybridized carbons (Fsp3) is 0.174. The molecule has 5 N–H and O–H groups in total. The van der Waals surface area contributed by atoms with Crippen LogP contribution in [0.25, 0.3) is 21.0 Å². The van der Waals surface area contributed by atoms with Gasteiger partial charge in [0.1, 0.15) is 11.0 Å². The zero-order chi connectivity index (χ0) is 22.8. The van der Waals surface area contributed by atoms with Crippen LogP contribution in [0.15, 0.2) is 64.2 Å². The lowest BCUT2D eigenvalue weighted by Crippen LogP contribution is -2.40. The third-order valence-electron chi connectivity index (χ3n) is 5.53. The third-order valence-corrected chi connectivity index (χ3v) is 6.47. The zero-order valence-corrected chi connectivity index (χ0v) is 18.5. The molecule has 1 fully saturated rings. The average molecular weight is 461 g/mol. The van der Waals surface area contributed by atoms with Crippen LogP contribution < -0.4 is 16.6 Å². The van der Waals surface area contributed by atoms with Crippen molar-refractivity contribution in [1.29, 1.82) is 0 Å². The van der Waals surface area contributed by atoms with Gasteiger partial charge in [0, 0.05) is 45.4 Å². The number of amidine groups is 1. The number of ether oxygens (including phenoxy) is 1. The van der Waals surface area contributed by atoms with Gasteiger partial charge in [-0.1, -0.05) is 12.1 Å². The Morgan fingerprint density at radius 1 is 1.12 bits per heavy atom. The second kappa shape index (κ2) is 8.93. The molecule has 33 heavy (non-hydrogen) atoms. The van der Waals surface area contributed by atoms with Crippen molar-refractivity contribution < 1.29 is 15.1 Å².